The Morgan fingerprint density at radius 1 is 1.24 bits per heavy atom. The quantitative estimate of drug-likeness (QED) is 0.532. The van der Waals surface area contributed by atoms with Crippen molar-refractivity contribution in [3.05, 3.63) is 41.4 Å². The van der Waals surface area contributed by atoms with Gasteiger partial charge in [0.1, 0.15) is 0 Å². The van der Waals surface area contributed by atoms with Gasteiger partial charge in [0, 0.05) is 15.6 Å². The number of fused-ring (bicyclic) bond motifs is 2. The molecule has 0 N–H and O–H groups in total. The average Bonchev–Trinajstić information content (AvgIpc) is 3.18. The predicted octanol–water partition coefficient (Wildman–Crippen LogP) is 3.46. The number of rotatable bonds is 2. The van der Waals surface area contributed by atoms with Gasteiger partial charge < -0.3 is 4.74 Å². The molecule has 4 rings (SSSR count). The summed E-state index contributed by atoms with van der Waals surface area (Å²) < 4.78 is 9.04. The van der Waals surface area contributed by atoms with E-state index in [0.29, 0.717) is 11.2 Å². The minimum atomic E-state index is -0.372. The van der Waals surface area contributed by atoms with Crippen LogP contribution in [0, 0.1) is 0 Å². The molecule has 0 atom stereocenters. The molecule has 0 saturated heterocycles. The van der Waals surface area contributed by atoms with Crippen molar-refractivity contribution in [3.63, 3.8) is 0 Å². The summed E-state index contributed by atoms with van der Waals surface area (Å²) in [6.45, 7) is 0. The number of hydrogen-bond donors (Lipinski definition) is 0. The lowest BCUT2D eigenvalue weighted by atomic mass is 10.3. The van der Waals surface area contributed by atoms with E-state index in [9.17, 15) is 4.79 Å². The first kappa shape index (κ1) is 12.5. The SMILES string of the molecule is COC(=O)c1ccc2nnc(-c3cc4sccc4s3)n2c1. The lowest BCUT2D eigenvalue weighted by Gasteiger charge is -2.01. The summed E-state index contributed by atoms with van der Waals surface area (Å²) in [6.07, 6.45) is 1.71. The van der Waals surface area contributed by atoms with Crippen molar-refractivity contribution in [1.82, 2.24) is 14.6 Å². The van der Waals surface area contributed by atoms with Crippen LogP contribution in [-0.4, -0.2) is 27.7 Å². The van der Waals surface area contributed by atoms with Crippen molar-refractivity contribution in [2.24, 2.45) is 0 Å². The van der Waals surface area contributed by atoms with Gasteiger partial charge in [0.2, 0.25) is 0 Å². The van der Waals surface area contributed by atoms with E-state index in [0.717, 1.165) is 10.7 Å². The molecule has 0 aliphatic carbocycles. The smallest absolute Gasteiger partial charge is 0.339 e. The van der Waals surface area contributed by atoms with Gasteiger partial charge in [-0.1, -0.05) is 0 Å². The first-order valence-corrected chi connectivity index (χ1v) is 7.86. The Morgan fingerprint density at radius 2 is 2.14 bits per heavy atom. The fourth-order valence-electron chi connectivity index (χ4n) is 2.17. The van der Waals surface area contributed by atoms with Gasteiger partial charge in [0.15, 0.2) is 11.5 Å². The lowest BCUT2D eigenvalue weighted by molar-refractivity contribution is 0.0600. The summed E-state index contributed by atoms with van der Waals surface area (Å²) in [7, 11) is 1.37. The molecule has 21 heavy (non-hydrogen) atoms. The standard InChI is InChI=1S/C14H9N3O2S2/c1-19-14(18)8-2-3-12-15-16-13(17(12)7-8)11-6-10-9(21-11)4-5-20-10/h2-7H,1H3. The van der Waals surface area contributed by atoms with Gasteiger partial charge in [-0.2, -0.15) is 0 Å². The van der Waals surface area contributed by atoms with Crippen molar-refractivity contribution >= 4 is 43.7 Å². The van der Waals surface area contributed by atoms with E-state index >= 15 is 0 Å². The predicted molar refractivity (Wildman–Crippen MR) is 83.0 cm³/mol. The molecule has 7 heteroatoms. The molecule has 0 fully saturated rings. The molecule has 0 aliphatic heterocycles. The van der Waals surface area contributed by atoms with Crippen molar-refractivity contribution < 1.29 is 9.53 Å². The zero-order chi connectivity index (χ0) is 14.4. The third-order valence-electron chi connectivity index (χ3n) is 3.18. The number of nitrogens with zero attached hydrogens (tertiary/aromatic N) is 3. The second-order valence-electron chi connectivity index (χ2n) is 4.42. The molecule has 4 aromatic rings. The lowest BCUT2D eigenvalue weighted by Crippen LogP contribution is -2.03. The average molecular weight is 315 g/mol. The van der Waals surface area contributed by atoms with Crippen LogP contribution in [0.1, 0.15) is 10.4 Å². The molecule has 0 amide bonds. The van der Waals surface area contributed by atoms with Crippen molar-refractivity contribution in [2.45, 2.75) is 0 Å². The first-order chi connectivity index (χ1) is 10.3. The molecule has 4 heterocycles. The molecule has 0 radical (unpaired) electrons. The third-order valence-corrected chi connectivity index (χ3v) is 5.27. The Bertz CT molecular complexity index is 938. The van der Waals surface area contributed by atoms with Crippen LogP contribution >= 0.6 is 22.7 Å². The number of hydrogen-bond acceptors (Lipinski definition) is 6. The summed E-state index contributed by atoms with van der Waals surface area (Å²) in [5.41, 5.74) is 1.18. The summed E-state index contributed by atoms with van der Waals surface area (Å²) in [5.74, 6) is 0.368. The van der Waals surface area contributed by atoms with Crippen LogP contribution < -0.4 is 0 Å². The highest BCUT2D eigenvalue weighted by Crippen LogP contribution is 2.35. The number of ether oxygens (including phenoxy) is 1. The maximum Gasteiger partial charge on any atom is 0.339 e. The van der Waals surface area contributed by atoms with E-state index in [1.165, 1.54) is 16.5 Å². The van der Waals surface area contributed by atoms with Crippen LogP contribution in [0.2, 0.25) is 0 Å². The highest BCUT2D eigenvalue weighted by Gasteiger charge is 2.14. The second kappa shape index (κ2) is 4.64. The summed E-state index contributed by atoms with van der Waals surface area (Å²) in [4.78, 5) is 12.7. The summed E-state index contributed by atoms with van der Waals surface area (Å²) >= 11 is 3.37. The summed E-state index contributed by atoms with van der Waals surface area (Å²) in [6, 6.07) is 7.65. The Hall–Kier alpha value is -2.25. The second-order valence-corrected chi connectivity index (χ2v) is 6.45. The number of thiophene rings is 2. The minimum Gasteiger partial charge on any atom is -0.465 e. The molecule has 0 saturated carbocycles. The van der Waals surface area contributed by atoms with Crippen LogP contribution in [0.15, 0.2) is 35.8 Å². The zero-order valence-corrected chi connectivity index (χ0v) is 12.6. The van der Waals surface area contributed by atoms with Gasteiger partial charge in [-0.05, 0) is 29.6 Å². The first-order valence-electron chi connectivity index (χ1n) is 6.17. The topological polar surface area (TPSA) is 56.5 Å². The maximum absolute atomic E-state index is 11.7. The molecule has 0 unspecified atom stereocenters. The number of pyridine rings is 1. The molecule has 0 aromatic carbocycles. The van der Waals surface area contributed by atoms with Crippen molar-refractivity contribution in [2.75, 3.05) is 7.11 Å². The van der Waals surface area contributed by atoms with E-state index in [2.05, 4.69) is 27.7 Å². The fraction of sp³-hybridized carbons (Fsp3) is 0.0714. The number of carbonyl (C=O) groups excluding carboxylic acids is 1. The Balaban J connectivity index is 1.91. The summed E-state index contributed by atoms with van der Waals surface area (Å²) in [5, 5.41) is 10.5. The zero-order valence-electron chi connectivity index (χ0n) is 10.9. The van der Waals surface area contributed by atoms with Gasteiger partial charge in [-0.25, -0.2) is 4.79 Å². The molecule has 0 aliphatic rings. The van der Waals surface area contributed by atoms with Crippen LogP contribution in [0.5, 0.6) is 0 Å². The van der Waals surface area contributed by atoms with Gasteiger partial charge in [-0.3, -0.25) is 4.40 Å². The van der Waals surface area contributed by atoms with Gasteiger partial charge in [0.05, 0.1) is 17.6 Å². The molecular formula is C14H9N3O2S2. The fourth-order valence-corrected chi connectivity index (χ4v) is 4.26. The van der Waals surface area contributed by atoms with E-state index in [4.69, 9.17) is 4.74 Å². The number of carbonyl (C=O) groups is 1. The maximum atomic E-state index is 11.7. The van der Waals surface area contributed by atoms with Crippen LogP contribution in [0.25, 0.3) is 25.7 Å². The van der Waals surface area contributed by atoms with E-state index in [-0.39, 0.29) is 5.97 Å². The van der Waals surface area contributed by atoms with Crippen LogP contribution in [0.4, 0.5) is 0 Å². The van der Waals surface area contributed by atoms with Crippen molar-refractivity contribution in [3.8, 4) is 10.7 Å². The van der Waals surface area contributed by atoms with Crippen LogP contribution in [0.3, 0.4) is 0 Å². The van der Waals surface area contributed by atoms with Crippen molar-refractivity contribution in [1.29, 1.82) is 0 Å². The minimum absolute atomic E-state index is 0.372. The molecule has 0 bridgehead atoms. The number of methoxy groups -OCH3 is 1. The van der Waals surface area contributed by atoms with E-state index < -0.39 is 0 Å². The van der Waals surface area contributed by atoms with E-state index in [1.54, 1.807) is 41.0 Å². The molecule has 4 aromatic heterocycles. The number of esters is 1. The van der Waals surface area contributed by atoms with Gasteiger partial charge in [0.25, 0.3) is 0 Å². The normalized spacial score (nSPS) is 11.3. The Morgan fingerprint density at radius 3 is 2.95 bits per heavy atom. The molecule has 0 spiro atoms. The molecule has 5 nitrogen and oxygen atoms in total. The van der Waals surface area contributed by atoms with Crippen LogP contribution in [-0.2, 0) is 4.74 Å². The Kier molecular flexibility index (Phi) is 2.76. The highest BCUT2D eigenvalue weighted by atomic mass is 32.1. The Labute approximate surface area is 127 Å². The number of aromatic nitrogens is 3. The largest absolute Gasteiger partial charge is 0.465 e. The monoisotopic (exact) mass is 315 g/mol. The molecule has 104 valence electrons. The molecular weight excluding hydrogens is 306 g/mol. The van der Waals surface area contributed by atoms with E-state index in [1.807, 2.05) is 4.40 Å². The van der Waals surface area contributed by atoms with Gasteiger partial charge >= 0.3 is 5.97 Å². The highest BCUT2D eigenvalue weighted by molar-refractivity contribution is 7.28. The third kappa shape index (κ3) is 1.93. The van der Waals surface area contributed by atoms with Gasteiger partial charge in [-0.15, -0.1) is 32.9 Å².